The van der Waals surface area contributed by atoms with Gasteiger partial charge >= 0.3 is 0 Å². The molecule has 0 radical (unpaired) electrons. The molecule has 2 aromatic rings. The summed E-state index contributed by atoms with van der Waals surface area (Å²) in [5, 5.41) is 2.01. The van der Waals surface area contributed by atoms with Crippen molar-refractivity contribution in [2.75, 3.05) is 6.54 Å². The lowest BCUT2D eigenvalue weighted by Crippen LogP contribution is -2.29. The maximum absolute atomic E-state index is 12.3. The summed E-state index contributed by atoms with van der Waals surface area (Å²) >= 11 is 1.65. The molecule has 0 unspecified atom stereocenters. The average Bonchev–Trinajstić information content (AvgIpc) is 3.06. The number of furan rings is 1. The molecule has 0 aliphatic rings. The molecule has 1 amide bonds. The van der Waals surface area contributed by atoms with Gasteiger partial charge in [-0.2, -0.15) is 0 Å². The van der Waals surface area contributed by atoms with Crippen molar-refractivity contribution in [2.45, 2.75) is 20.0 Å². The summed E-state index contributed by atoms with van der Waals surface area (Å²) < 4.78 is 5.19. The Morgan fingerprint density at radius 2 is 2.39 bits per heavy atom. The Bertz CT molecular complexity index is 505. The van der Waals surface area contributed by atoms with Crippen molar-refractivity contribution < 1.29 is 9.21 Å². The molecule has 2 heterocycles. The number of hydrogen-bond donors (Lipinski definition) is 1. The van der Waals surface area contributed by atoms with Crippen LogP contribution in [0.5, 0.6) is 0 Å². The topological polar surface area (TPSA) is 59.5 Å². The fourth-order valence-corrected chi connectivity index (χ4v) is 2.42. The second kappa shape index (κ2) is 5.84. The van der Waals surface area contributed by atoms with E-state index < -0.39 is 0 Å². The molecule has 2 N–H and O–H groups in total. The average molecular weight is 264 g/mol. The standard InChI is InChI=1S/C13H16N2O2S/c1-2-15(8-12-4-3-5-18-12)13(16)10-6-11(7-14)17-9-10/h3-6,9H,2,7-8,14H2,1H3. The molecule has 5 heteroatoms. The van der Waals surface area contributed by atoms with Gasteiger partial charge < -0.3 is 15.1 Å². The normalized spacial score (nSPS) is 10.6. The summed E-state index contributed by atoms with van der Waals surface area (Å²) in [6, 6.07) is 5.73. The summed E-state index contributed by atoms with van der Waals surface area (Å²) in [5.74, 6) is 0.611. The van der Waals surface area contributed by atoms with E-state index in [1.807, 2.05) is 24.4 Å². The third kappa shape index (κ3) is 2.80. The zero-order chi connectivity index (χ0) is 13.0. The van der Waals surface area contributed by atoms with Crippen LogP contribution in [-0.4, -0.2) is 17.4 Å². The highest BCUT2D eigenvalue weighted by Crippen LogP contribution is 2.15. The monoisotopic (exact) mass is 264 g/mol. The number of rotatable bonds is 5. The molecule has 96 valence electrons. The van der Waals surface area contributed by atoms with Gasteiger partial charge in [0.2, 0.25) is 0 Å². The molecule has 0 saturated heterocycles. The minimum Gasteiger partial charge on any atom is -0.467 e. The highest BCUT2D eigenvalue weighted by atomic mass is 32.1. The molecule has 18 heavy (non-hydrogen) atoms. The minimum atomic E-state index is -0.0191. The van der Waals surface area contributed by atoms with Crippen LogP contribution in [0.25, 0.3) is 0 Å². The molecular weight excluding hydrogens is 248 g/mol. The van der Waals surface area contributed by atoms with Crippen LogP contribution in [-0.2, 0) is 13.1 Å². The number of hydrogen-bond acceptors (Lipinski definition) is 4. The van der Waals surface area contributed by atoms with Crippen molar-refractivity contribution >= 4 is 17.2 Å². The largest absolute Gasteiger partial charge is 0.467 e. The first-order valence-corrected chi connectivity index (χ1v) is 6.71. The smallest absolute Gasteiger partial charge is 0.257 e. The first kappa shape index (κ1) is 12.9. The van der Waals surface area contributed by atoms with Crippen LogP contribution in [0, 0.1) is 0 Å². The van der Waals surface area contributed by atoms with Crippen LogP contribution in [0.15, 0.2) is 34.3 Å². The lowest BCUT2D eigenvalue weighted by molar-refractivity contribution is 0.0753. The lowest BCUT2D eigenvalue weighted by atomic mass is 10.2. The number of carbonyl (C=O) groups is 1. The number of amides is 1. The Balaban J connectivity index is 2.09. The van der Waals surface area contributed by atoms with Gasteiger partial charge in [0, 0.05) is 11.4 Å². The maximum atomic E-state index is 12.3. The molecule has 0 fully saturated rings. The molecule has 0 aliphatic heterocycles. The number of nitrogens with zero attached hydrogens (tertiary/aromatic N) is 1. The van der Waals surface area contributed by atoms with Crippen molar-refractivity contribution in [1.29, 1.82) is 0 Å². The fourth-order valence-electron chi connectivity index (χ4n) is 1.70. The van der Waals surface area contributed by atoms with Gasteiger partial charge in [-0.25, -0.2) is 0 Å². The fraction of sp³-hybridized carbons (Fsp3) is 0.308. The van der Waals surface area contributed by atoms with E-state index in [9.17, 15) is 4.79 Å². The second-order valence-corrected chi connectivity index (χ2v) is 4.94. The zero-order valence-corrected chi connectivity index (χ0v) is 11.1. The second-order valence-electron chi connectivity index (χ2n) is 3.90. The van der Waals surface area contributed by atoms with Crippen LogP contribution in [0.1, 0.15) is 27.9 Å². The first-order valence-electron chi connectivity index (χ1n) is 5.83. The molecule has 0 saturated carbocycles. The molecule has 2 rings (SSSR count). The lowest BCUT2D eigenvalue weighted by Gasteiger charge is -2.19. The molecule has 0 bridgehead atoms. The van der Waals surface area contributed by atoms with Gasteiger partial charge in [0.25, 0.3) is 5.91 Å². The number of thiophene rings is 1. The van der Waals surface area contributed by atoms with Gasteiger partial charge in [-0.3, -0.25) is 4.79 Å². The Hall–Kier alpha value is -1.59. The van der Waals surface area contributed by atoms with Crippen LogP contribution in [0.3, 0.4) is 0 Å². The summed E-state index contributed by atoms with van der Waals surface area (Å²) in [5.41, 5.74) is 6.03. The van der Waals surface area contributed by atoms with Crippen molar-refractivity contribution in [3.63, 3.8) is 0 Å². The van der Waals surface area contributed by atoms with Gasteiger partial charge in [0.15, 0.2) is 0 Å². The van der Waals surface area contributed by atoms with Crippen molar-refractivity contribution in [1.82, 2.24) is 4.90 Å². The Labute approximate surface area is 110 Å². The van der Waals surface area contributed by atoms with Crippen LogP contribution in [0.2, 0.25) is 0 Å². The van der Waals surface area contributed by atoms with E-state index in [4.69, 9.17) is 10.2 Å². The third-order valence-electron chi connectivity index (χ3n) is 2.70. The van der Waals surface area contributed by atoms with E-state index in [-0.39, 0.29) is 5.91 Å². The molecule has 0 aliphatic carbocycles. The van der Waals surface area contributed by atoms with Crippen molar-refractivity contribution in [3.05, 3.63) is 46.0 Å². The van der Waals surface area contributed by atoms with Gasteiger partial charge in [0.05, 0.1) is 18.7 Å². The molecule has 0 spiro atoms. The number of nitrogens with two attached hydrogens (primary N) is 1. The minimum absolute atomic E-state index is 0.0191. The van der Waals surface area contributed by atoms with Crippen molar-refractivity contribution in [3.8, 4) is 0 Å². The third-order valence-corrected chi connectivity index (χ3v) is 3.56. The van der Waals surface area contributed by atoms with Gasteiger partial charge in [0.1, 0.15) is 12.0 Å². The van der Waals surface area contributed by atoms with Gasteiger partial charge in [-0.15, -0.1) is 11.3 Å². The Kier molecular flexibility index (Phi) is 4.17. The first-order chi connectivity index (χ1) is 8.74. The highest BCUT2D eigenvalue weighted by molar-refractivity contribution is 7.09. The summed E-state index contributed by atoms with van der Waals surface area (Å²) in [4.78, 5) is 15.2. The predicted octanol–water partition coefficient (Wildman–Crippen LogP) is 2.46. The zero-order valence-electron chi connectivity index (χ0n) is 10.3. The van der Waals surface area contributed by atoms with Crippen LogP contribution < -0.4 is 5.73 Å². The predicted molar refractivity (Wildman–Crippen MR) is 71.3 cm³/mol. The Morgan fingerprint density at radius 1 is 1.56 bits per heavy atom. The highest BCUT2D eigenvalue weighted by Gasteiger charge is 2.17. The van der Waals surface area contributed by atoms with E-state index in [0.29, 0.717) is 31.0 Å². The summed E-state index contributed by atoms with van der Waals surface area (Å²) in [6.45, 7) is 3.58. The SMILES string of the molecule is CCN(Cc1cccs1)C(=O)c1coc(CN)c1. The maximum Gasteiger partial charge on any atom is 0.257 e. The van der Waals surface area contributed by atoms with E-state index in [1.54, 1.807) is 22.3 Å². The molecule has 2 aromatic heterocycles. The van der Waals surface area contributed by atoms with E-state index >= 15 is 0 Å². The molecule has 4 nitrogen and oxygen atoms in total. The summed E-state index contributed by atoms with van der Waals surface area (Å²) in [6.07, 6.45) is 1.47. The summed E-state index contributed by atoms with van der Waals surface area (Å²) in [7, 11) is 0. The van der Waals surface area contributed by atoms with E-state index in [0.717, 1.165) is 0 Å². The van der Waals surface area contributed by atoms with Gasteiger partial charge in [-0.05, 0) is 24.4 Å². The quantitative estimate of drug-likeness (QED) is 0.902. The number of carbonyl (C=O) groups excluding carboxylic acids is 1. The van der Waals surface area contributed by atoms with Crippen LogP contribution in [0.4, 0.5) is 0 Å². The molecule has 0 atom stereocenters. The molecule has 0 aromatic carbocycles. The van der Waals surface area contributed by atoms with Crippen LogP contribution >= 0.6 is 11.3 Å². The van der Waals surface area contributed by atoms with Gasteiger partial charge in [-0.1, -0.05) is 6.07 Å². The van der Waals surface area contributed by atoms with E-state index in [1.165, 1.54) is 11.1 Å². The van der Waals surface area contributed by atoms with E-state index in [2.05, 4.69) is 0 Å². The Morgan fingerprint density at radius 3 is 2.94 bits per heavy atom. The molecular formula is C13H16N2O2S. The van der Waals surface area contributed by atoms with Crippen molar-refractivity contribution in [2.24, 2.45) is 5.73 Å².